The Bertz CT molecular complexity index is 873. The summed E-state index contributed by atoms with van der Waals surface area (Å²) in [6.07, 6.45) is -2.64. The maximum atomic E-state index is 12.8. The van der Waals surface area contributed by atoms with Crippen LogP contribution in [0.25, 0.3) is 0 Å². The largest absolute Gasteiger partial charge is 0.455 e. The van der Waals surface area contributed by atoms with E-state index in [1.54, 1.807) is 40.7 Å². The summed E-state index contributed by atoms with van der Waals surface area (Å²) >= 11 is 0. The van der Waals surface area contributed by atoms with Gasteiger partial charge in [0.25, 0.3) is 0 Å². The van der Waals surface area contributed by atoms with Crippen molar-refractivity contribution in [1.82, 2.24) is 0 Å². The van der Waals surface area contributed by atoms with Gasteiger partial charge >= 0.3 is 17.9 Å². The zero-order chi connectivity index (χ0) is 24.9. The van der Waals surface area contributed by atoms with E-state index in [1.807, 2.05) is 0 Å². The number of hydrogen-bond acceptors (Lipinski definition) is 9. The quantitative estimate of drug-likeness (QED) is 0.362. The van der Waals surface area contributed by atoms with Crippen LogP contribution in [0.3, 0.4) is 0 Å². The number of ether oxygens (including phenoxy) is 4. The van der Waals surface area contributed by atoms with Crippen molar-refractivity contribution < 1.29 is 43.5 Å². The molecule has 33 heavy (non-hydrogen) atoms. The number of esters is 3. The van der Waals surface area contributed by atoms with Crippen LogP contribution in [0.5, 0.6) is 0 Å². The van der Waals surface area contributed by atoms with E-state index in [4.69, 9.17) is 18.9 Å². The zero-order valence-electron chi connectivity index (χ0n) is 20.0. The summed E-state index contributed by atoms with van der Waals surface area (Å²) in [4.78, 5) is 37.9. The summed E-state index contributed by atoms with van der Waals surface area (Å²) in [5.74, 6) is -6.18. The van der Waals surface area contributed by atoms with Crippen LogP contribution in [-0.2, 0) is 33.3 Å². The van der Waals surface area contributed by atoms with Crippen LogP contribution < -0.4 is 0 Å². The van der Waals surface area contributed by atoms with Crippen molar-refractivity contribution in [3.05, 3.63) is 23.8 Å². The number of allylic oxidation sites excluding steroid dienone is 1. The van der Waals surface area contributed by atoms with Gasteiger partial charge in [-0.1, -0.05) is 33.4 Å². The lowest BCUT2D eigenvalue weighted by molar-refractivity contribution is -0.277. The monoisotopic (exact) mass is 466 g/mol. The summed E-state index contributed by atoms with van der Waals surface area (Å²) in [5.41, 5.74) is -1.44. The SMILES string of the molecule is C=C1C(=O)O[C@@H]2[C@@H]1[C@H](OC(=O)/C(C)=C\C)[C@]1(O)O[C@H](C[C@@H]1C)C[C@@](C)(O)[C@@H]2OC(=O)C(C)C. The Labute approximate surface area is 193 Å². The minimum atomic E-state index is -1.97. The first kappa shape index (κ1) is 25.4. The maximum Gasteiger partial charge on any atom is 0.334 e. The molecule has 0 amide bonds. The van der Waals surface area contributed by atoms with Crippen LogP contribution in [0.4, 0.5) is 0 Å². The molecule has 9 nitrogen and oxygen atoms in total. The van der Waals surface area contributed by atoms with Crippen molar-refractivity contribution in [3.63, 3.8) is 0 Å². The van der Waals surface area contributed by atoms with Crippen molar-refractivity contribution in [2.75, 3.05) is 0 Å². The molecule has 3 rings (SSSR count). The van der Waals surface area contributed by atoms with Crippen LogP contribution in [0.2, 0.25) is 0 Å². The molecule has 3 saturated heterocycles. The third-order valence-electron chi connectivity index (χ3n) is 6.93. The lowest BCUT2D eigenvalue weighted by Gasteiger charge is -2.41. The van der Waals surface area contributed by atoms with Crippen LogP contribution in [0, 0.1) is 17.8 Å². The van der Waals surface area contributed by atoms with Crippen LogP contribution in [-0.4, -0.2) is 63.9 Å². The van der Waals surface area contributed by atoms with Gasteiger partial charge in [0.15, 0.2) is 18.3 Å². The van der Waals surface area contributed by atoms with Crippen LogP contribution >= 0.6 is 0 Å². The van der Waals surface area contributed by atoms with Gasteiger partial charge in [0, 0.05) is 23.5 Å². The van der Waals surface area contributed by atoms with Crippen molar-refractivity contribution in [3.8, 4) is 0 Å². The number of carbonyl (C=O) groups is 3. The van der Waals surface area contributed by atoms with Gasteiger partial charge in [0.1, 0.15) is 5.60 Å². The fraction of sp³-hybridized carbons (Fsp3) is 0.708. The Hall–Kier alpha value is -2.23. The average molecular weight is 467 g/mol. The fourth-order valence-corrected chi connectivity index (χ4v) is 4.81. The third kappa shape index (κ3) is 4.46. The molecular weight excluding hydrogens is 432 g/mol. The molecule has 0 aliphatic carbocycles. The first-order valence-corrected chi connectivity index (χ1v) is 11.3. The Morgan fingerprint density at radius 1 is 1.24 bits per heavy atom. The average Bonchev–Trinajstić information content (AvgIpc) is 3.17. The minimum Gasteiger partial charge on any atom is -0.455 e. The number of carbonyl (C=O) groups excluding carboxylic acids is 3. The third-order valence-corrected chi connectivity index (χ3v) is 6.93. The molecule has 2 N–H and O–H groups in total. The molecular formula is C24H34O9. The van der Waals surface area contributed by atoms with E-state index in [9.17, 15) is 24.6 Å². The lowest BCUT2D eigenvalue weighted by atomic mass is 9.75. The Kier molecular flexibility index (Phi) is 6.81. The normalized spacial score (nSPS) is 41.1. The van der Waals surface area contributed by atoms with Gasteiger partial charge in [-0.25, -0.2) is 9.59 Å². The fourth-order valence-electron chi connectivity index (χ4n) is 4.81. The Balaban J connectivity index is 2.16. The number of rotatable bonds is 4. The van der Waals surface area contributed by atoms with Gasteiger partial charge in [-0.15, -0.1) is 0 Å². The summed E-state index contributed by atoms with van der Waals surface area (Å²) in [5, 5.41) is 23.1. The topological polar surface area (TPSA) is 129 Å². The molecule has 0 spiro atoms. The van der Waals surface area contributed by atoms with Crippen LogP contribution in [0.15, 0.2) is 23.8 Å². The first-order chi connectivity index (χ1) is 15.2. The Morgan fingerprint density at radius 2 is 1.88 bits per heavy atom. The second-order valence-electron chi connectivity index (χ2n) is 9.92. The van der Waals surface area contributed by atoms with Gasteiger partial charge in [0.05, 0.1) is 17.9 Å². The van der Waals surface area contributed by atoms with E-state index >= 15 is 0 Å². The number of fused-ring (bicyclic) bond motifs is 3. The molecule has 3 aliphatic rings. The molecule has 0 aromatic rings. The molecule has 3 fully saturated rings. The number of hydrogen-bond donors (Lipinski definition) is 2. The van der Waals surface area contributed by atoms with Gasteiger partial charge in [-0.3, -0.25) is 4.79 Å². The molecule has 0 saturated carbocycles. The maximum absolute atomic E-state index is 12.8. The summed E-state index contributed by atoms with van der Waals surface area (Å²) in [6.45, 7) is 13.5. The molecule has 3 heterocycles. The molecule has 0 unspecified atom stereocenters. The van der Waals surface area contributed by atoms with Crippen LogP contribution in [0.1, 0.15) is 54.4 Å². The summed E-state index contributed by atoms with van der Waals surface area (Å²) < 4.78 is 22.9. The van der Waals surface area contributed by atoms with Crippen molar-refractivity contribution in [2.24, 2.45) is 17.8 Å². The highest BCUT2D eigenvalue weighted by molar-refractivity contribution is 5.92. The van der Waals surface area contributed by atoms with Crippen molar-refractivity contribution in [2.45, 2.75) is 90.2 Å². The molecule has 0 aromatic heterocycles. The first-order valence-electron chi connectivity index (χ1n) is 11.3. The van der Waals surface area contributed by atoms with E-state index in [1.165, 1.54) is 6.92 Å². The van der Waals surface area contributed by atoms with E-state index in [0.717, 1.165) is 0 Å². The molecule has 0 aromatic carbocycles. The zero-order valence-corrected chi connectivity index (χ0v) is 20.0. The van der Waals surface area contributed by atoms with E-state index < -0.39 is 71.5 Å². The lowest BCUT2D eigenvalue weighted by Crippen LogP contribution is -2.58. The smallest absolute Gasteiger partial charge is 0.334 e. The minimum absolute atomic E-state index is 0.00248. The van der Waals surface area contributed by atoms with Gasteiger partial charge in [-0.05, 0) is 27.2 Å². The van der Waals surface area contributed by atoms with Gasteiger partial charge in [-0.2, -0.15) is 0 Å². The van der Waals surface area contributed by atoms with Gasteiger partial charge in [0.2, 0.25) is 5.79 Å². The Morgan fingerprint density at radius 3 is 2.45 bits per heavy atom. The molecule has 8 atom stereocenters. The van der Waals surface area contributed by atoms with E-state index in [0.29, 0.717) is 12.0 Å². The van der Waals surface area contributed by atoms with E-state index in [-0.39, 0.29) is 12.0 Å². The second kappa shape index (κ2) is 8.85. The second-order valence-corrected chi connectivity index (χ2v) is 9.92. The number of aliphatic hydroxyl groups is 2. The van der Waals surface area contributed by atoms with Gasteiger partial charge < -0.3 is 29.2 Å². The predicted octanol–water partition coefficient (Wildman–Crippen LogP) is 1.80. The predicted molar refractivity (Wildman–Crippen MR) is 115 cm³/mol. The highest BCUT2D eigenvalue weighted by Gasteiger charge is 2.65. The van der Waals surface area contributed by atoms with Crippen molar-refractivity contribution >= 4 is 17.9 Å². The molecule has 2 bridgehead atoms. The molecule has 184 valence electrons. The summed E-state index contributed by atoms with van der Waals surface area (Å²) in [7, 11) is 0. The summed E-state index contributed by atoms with van der Waals surface area (Å²) in [6, 6.07) is 0. The van der Waals surface area contributed by atoms with E-state index in [2.05, 4.69) is 6.58 Å². The highest BCUT2D eigenvalue weighted by Crippen LogP contribution is 2.50. The standard InChI is InChI=1S/C24H34O9/c1-8-12(4)21(26)31-18-16-14(6)22(27)30-17(16)19(32-20(25)11(2)3)23(7,28)10-15-9-13(5)24(18,29)33-15/h8,11,13,15-19,28-29H,6,9-10H2,1-5,7H3/b12-8-/t13-,15+,16+,17+,18-,19+,23+,24+/m0/s1. The highest BCUT2D eigenvalue weighted by atomic mass is 16.7. The molecule has 9 heteroatoms. The molecule has 3 aliphatic heterocycles. The molecule has 0 radical (unpaired) electrons. The van der Waals surface area contributed by atoms with Crippen molar-refractivity contribution in [1.29, 1.82) is 0 Å².